The van der Waals surface area contributed by atoms with Gasteiger partial charge in [-0.1, -0.05) is 26.0 Å². The number of allylic oxidation sites excluding steroid dienone is 1. The van der Waals surface area contributed by atoms with Crippen molar-refractivity contribution in [2.24, 2.45) is 5.41 Å². The molecule has 0 bridgehead atoms. The van der Waals surface area contributed by atoms with E-state index in [1.54, 1.807) is 25.2 Å². The molecule has 0 unspecified atom stereocenters. The number of hydrogen-bond acceptors (Lipinski definition) is 3. The first kappa shape index (κ1) is 14.6. The average Bonchev–Trinajstić information content (AvgIpc) is 2.42. The van der Waals surface area contributed by atoms with Gasteiger partial charge in [0.2, 0.25) is 0 Å². The second-order valence-corrected chi connectivity index (χ2v) is 6.84. The minimum Gasteiger partial charge on any atom is -0.508 e. The number of carbonyl (C=O) groups is 2. The van der Waals surface area contributed by atoms with E-state index in [0.717, 1.165) is 11.3 Å². The van der Waals surface area contributed by atoms with Gasteiger partial charge in [0.15, 0.2) is 5.78 Å². The molecule has 116 valence electrons. The molecule has 1 aromatic rings. The number of hydrogen-bond donors (Lipinski definition) is 2. The van der Waals surface area contributed by atoms with E-state index < -0.39 is 6.04 Å². The number of carbonyl (C=O) groups excluding carboxylic acids is 2. The quantitative estimate of drug-likeness (QED) is 0.838. The zero-order chi connectivity index (χ0) is 16.1. The van der Waals surface area contributed by atoms with E-state index in [4.69, 9.17) is 0 Å². The molecule has 1 atom stereocenters. The highest BCUT2D eigenvalue weighted by molar-refractivity contribution is 6.01. The van der Waals surface area contributed by atoms with Crippen LogP contribution in [0.25, 0.3) is 0 Å². The molecule has 2 N–H and O–H groups in total. The molecule has 0 spiro atoms. The number of Topliss-reactive ketones (excluding diaryl/α,β-unsaturated/α-hetero) is 1. The lowest BCUT2D eigenvalue weighted by molar-refractivity contribution is -0.118. The number of urea groups is 1. The molecule has 5 nitrogen and oxygen atoms in total. The highest BCUT2D eigenvalue weighted by Crippen LogP contribution is 2.43. The summed E-state index contributed by atoms with van der Waals surface area (Å²) in [4.78, 5) is 26.4. The Labute approximate surface area is 129 Å². The van der Waals surface area contributed by atoms with Crippen LogP contribution in [0.4, 0.5) is 4.79 Å². The summed E-state index contributed by atoms with van der Waals surface area (Å²) in [5.41, 5.74) is 2.01. The molecule has 0 saturated heterocycles. The van der Waals surface area contributed by atoms with Crippen molar-refractivity contribution in [3.8, 4) is 5.75 Å². The maximum absolute atomic E-state index is 12.7. The summed E-state index contributed by atoms with van der Waals surface area (Å²) in [6, 6.07) is 5.97. The molecule has 2 amide bonds. The Bertz CT molecular complexity index is 691. The Kier molecular flexibility index (Phi) is 3.24. The molecule has 3 rings (SSSR count). The van der Waals surface area contributed by atoms with Crippen molar-refractivity contribution in [3.05, 3.63) is 41.1 Å². The van der Waals surface area contributed by atoms with Crippen LogP contribution in [-0.4, -0.2) is 28.9 Å². The van der Waals surface area contributed by atoms with Crippen molar-refractivity contribution in [2.45, 2.75) is 32.7 Å². The predicted molar refractivity (Wildman–Crippen MR) is 82.2 cm³/mol. The van der Waals surface area contributed by atoms with Crippen molar-refractivity contribution >= 4 is 11.8 Å². The van der Waals surface area contributed by atoms with Gasteiger partial charge in [-0.15, -0.1) is 0 Å². The van der Waals surface area contributed by atoms with Crippen molar-refractivity contribution < 1.29 is 14.7 Å². The molecule has 0 aromatic heterocycles. The largest absolute Gasteiger partial charge is 0.508 e. The summed E-state index contributed by atoms with van der Waals surface area (Å²) in [5.74, 6) is 0.183. The predicted octanol–water partition coefficient (Wildman–Crippen LogP) is 2.73. The van der Waals surface area contributed by atoms with Gasteiger partial charge in [-0.05, 0) is 29.5 Å². The van der Waals surface area contributed by atoms with Crippen molar-refractivity contribution in [1.82, 2.24) is 10.2 Å². The fourth-order valence-corrected chi connectivity index (χ4v) is 3.30. The summed E-state index contributed by atoms with van der Waals surface area (Å²) in [6.45, 7) is 4.08. The summed E-state index contributed by atoms with van der Waals surface area (Å²) >= 11 is 0. The lowest BCUT2D eigenvalue weighted by atomic mass is 9.72. The summed E-state index contributed by atoms with van der Waals surface area (Å²) in [6.07, 6.45) is 1.15. The molecule has 1 aliphatic carbocycles. The smallest absolute Gasteiger partial charge is 0.322 e. The van der Waals surface area contributed by atoms with E-state index in [9.17, 15) is 14.7 Å². The fourth-order valence-electron chi connectivity index (χ4n) is 3.30. The normalized spacial score (nSPS) is 24.1. The highest BCUT2D eigenvalue weighted by atomic mass is 16.3. The molecule has 1 aromatic carbocycles. The minimum atomic E-state index is -0.491. The van der Waals surface area contributed by atoms with Crippen LogP contribution in [0.3, 0.4) is 0 Å². The second-order valence-electron chi connectivity index (χ2n) is 6.84. The molecule has 0 radical (unpaired) electrons. The van der Waals surface area contributed by atoms with Crippen LogP contribution in [0, 0.1) is 5.41 Å². The Balaban J connectivity index is 2.13. The number of aromatic hydroxyl groups is 1. The highest BCUT2D eigenvalue weighted by Gasteiger charge is 2.42. The van der Waals surface area contributed by atoms with Crippen LogP contribution in [-0.2, 0) is 4.79 Å². The fraction of sp³-hybridized carbons (Fsp3) is 0.412. The van der Waals surface area contributed by atoms with Gasteiger partial charge in [0.05, 0.1) is 6.04 Å². The molecule has 1 heterocycles. The first-order chi connectivity index (χ1) is 10.3. The topological polar surface area (TPSA) is 69.6 Å². The third kappa shape index (κ3) is 2.36. The van der Waals surface area contributed by atoms with E-state index in [2.05, 4.69) is 5.32 Å². The van der Waals surface area contributed by atoms with Crippen molar-refractivity contribution in [1.29, 1.82) is 0 Å². The maximum atomic E-state index is 12.7. The Morgan fingerprint density at radius 1 is 1.27 bits per heavy atom. The van der Waals surface area contributed by atoms with Gasteiger partial charge in [0.25, 0.3) is 0 Å². The maximum Gasteiger partial charge on any atom is 0.322 e. The van der Waals surface area contributed by atoms with Gasteiger partial charge >= 0.3 is 6.03 Å². The lowest BCUT2D eigenvalue weighted by Gasteiger charge is -2.42. The zero-order valence-electron chi connectivity index (χ0n) is 13.0. The number of benzene rings is 1. The Morgan fingerprint density at radius 3 is 2.68 bits per heavy atom. The lowest BCUT2D eigenvalue weighted by Crippen LogP contribution is -2.49. The van der Waals surface area contributed by atoms with Crippen LogP contribution >= 0.6 is 0 Å². The molecular formula is C17H20N2O3. The van der Waals surface area contributed by atoms with Gasteiger partial charge in [-0.25, -0.2) is 4.79 Å². The molecule has 0 fully saturated rings. The Morgan fingerprint density at radius 2 is 2.00 bits per heavy atom. The van der Waals surface area contributed by atoms with Gasteiger partial charge in [-0.3, -0.25) is 4.79 Å². The molecule has 1 aliphatic heterocycles. The number of nitrogens with zero attached hydrogens (tertiary/aromatic N) is 1. The van der Waals surface area contributed by atoms with Crippen LogP contribution in [0.15, 0.2) is 35.5 Å². The second kappa shape index (κ2) is 4.87. The van der Waals surface area contributed by atoms with Crippen molar-refractivity contribution in [2.75, 3.05) is 7.05 Å². The van der Waals surface area contributed by atoms with Gasteiger partial charge in [0.1, 0.15) is 5.75 Å². The zero-order valence-corrected chi connectivity index (χ0v) is 13.0. The minimum absolute atomic E-state index is 0.0615. The van der Waals surface area contributed by atoms with E-state index >= 15 is 0 Å². The molecule has 5 heteroatoms. The van der Waals surface area contributed by atoms with Gasteiger partial charge in [0, 0.05) is 24.7 Å². The first-order valence-corrected chi connectivity index (χ1v) is 7.38. The SMILES string of the molecule is CN1C(=O)N[C@@H](c2cccc(O)c2)C2=C1CC(C)(C)CC2=O. The van der Waals surface area contributed by atoms with Crippen LogP contribution in [0.2, 0.25) is 0 Å². The van der Waals surface area contributed by atoms with Crippen LogP contribution < -0.4 is 5.32 Å². The number of amides is 2. The van der Waals surface area contributed by atoms with Gasteiger partial charge in [-0.2, -0.15) is 0 Å². The van der Waals surface area contributed by atoms with E-state index in [1.165, 1.54) is 4.90 Å². The average molecular weight is 300 g/mol. The standard InChI is InChI=1S/C17H20N2O3/c1-17(2)8-12-14(13(21)9-17)15(18-16(22)19(12)3)10-5-4-6-11(20)7-10/h4-7,15,20H,8-9H2,1-3H3,(H,18,22)/t15-/m0/s1. The monoisotopic (exact) mass is 300 g/mol. The third-order valence-corrected chi connectivity index (χ3v) is 4.37. The molecule has 22 heavy (non-hydrogen) atoms. The van der Waals surface area contributed by atoms with Crippen molar-refractivity contribution in [3.63, 3.8) is 0 Å². The van der Waals surface area contributed by atoms with Crippen LogP contribution in [0.5, 0.6) is 5.75 Å². The molecular weight excluding hydrogens is 280 g/mol. The summed E-state index contributed by atoms with van der Waals surface area (Å²) in [7, 11) is 1.69. The number of ketones is 1. The Hall–Kier alpha value is -2.30. The summed E-state index contributed by atoms with van der Waals surface area (Å²) < 4.78 is 0. The molecule has 0 saturated carbocycles. The van der Waals surface area contributed by atoms with Gasteiger partial charge < -0.3 is 15.3 Å². The van der Waals surface area contributed by atoms with E-state index in [0.29, 0.717) is 18.4 Å². The van der Waals surface area contributed by atoms with E-state index in [-0.39, 0.29) is 23.0 Å². The summed E-state index contributed by atoms with van der Waals surface area (Å²) in [5, 5.41) is 12.5. The number of phenolic OH excluding ortho intramolecular Hbond substituents is 1. The third-order valence-electron chi connectivity index (χ3n) is 4.37. The van der Waals surface area contributed by atoms with Crippen LogP contribution in [0.1, 0.15) is 38.3 Å². The van der Waals surface area contributed by atoms with E-state index in [1.807, 2.05) is 19.9 Å². The number of rotatable bonds is 1. The first-order valence-electron chi connectivity index (χ1n) is 7.38. The number of phenols is 1. The molecule has 2 aliphatic rings. The number of nitrogens with one attached hydrogen (secondary N) is 1.